The molecule has 94 valence electrons. The molecule has 0 saturated heterocycles. The number of imidazole rings is 1. The van der Waals surface area contributed by atoms with E-state index in [2.05, 4.69) is 9.97 Å². The topological polar surface area (TPSA) is 57.0 Å². The minimum atomic E-state index is -0.434. The van der Waals surface area contributed by atoms with E-state index in [0.29, 0.717) is 29.0 Å². The first-order valence-electron chi connectivity index (χ1n) is 5.47. The molecule has 18 heavy (non-hydrogen) atoms. The number of ether oxygens (including phenoxy) is 1. The van der Waals surface area contributed by atoms with E-state index in [1.807, 2.05) is 0 Å². The summed E-state index contributed by atoms with van der Waals surface area (Å²) in [4.78, 5) is 19.8. The van der Waals surface area contributed by atoms with E-state index in [9.17, 15) is 4.79 Å². The van der Waals surface area contributed by atoms with Crippen LogP contribution in [0.1, 0.15) is 23.1 Å². The maximum atomic E-state index is 11.6. The Kier molecular flexibility index (Phi) is 3.62. The largest absolute Gasteiger partial charge is 0.461 e. The fourth-order valence-corrected chi connectivity index (χ4v) is 1.73. The van der Waals surface area contributed by atoms with Crippen LogP contribution in [0.2, 0.25) is 5.15 Å². The lowest BCUT2D eigenvalue weighted by atomic mass is 10.3. The summed E-state index contributed by atoms with van der Waals surface area (Å²) in [5, 5.41) is 0.387. The first kappa shape index (κ1) is 12.6. The van der Waals surface area contributed by atoms with Crippen LogP contribution in [0, 0.1) is 6.92 Å². The third kappa shape index (κ3) is 2.36. The van der Waals surface area contributed by atoms with E-state index < -0.39 is 5.97 Å². The van der Waals surface area contributed by atoms with Crippen molar-refractivity contribution in [1.29, 1.82) is 0 Å². The SMILES string of the molecule is CCOC(=O)c1ncn(-c2cccc(Cl)n2)c1C. The van der Waals surface area contributed by atoms with Gasteiger partial charge in [0.15, 0.2) is 5.69 Å². The third-order valence-corrected chi connectivity index (χ3v) is 2.63. The Morgan fingerprint density at radius 3 is 2.94 bits per heavy atom. The van der Waals surface area contributed by atoms with Crippen LogP contribution < -0.4 is 0 Å². The molecule has 0 spiro atoms. The van der Waals surface area contributed by atoms with Crippen molar-refractivity contribution in [2.24, 2.45) is 0 Å². The lowest BCUT2D eigenvalue weighted by Gasteiger charge is -2.05. The molecular formula is C12H12ClN3O2. The van der Waals surface area contributed by atoms with Gasteiger partial charge in [0.1, 0.15) is 17.3 Å². The second kappa shape index (κ2) is 5.18. The molecule has 2 aromatic rings. The molecule has 0 aromatic carbocycles. The molecule has 0 amide bonds. The van der Waals surface area contributed by atoms with E-state index in [1.54, 1.807) is 36.6 Å². The average molecular weight is 266 g/mol. The van der Waals surface area contributed by atoms with Crippen molar-refractivity contribution in [3.05, 3.63) is 41.1 Å². The van der Waals surface area contributed by atoms with Crippen molar-refractivity contribution in [2.45, 2.75) is 13.8 Å². The zero-order valence-electron chi connectivity index (χ0n) is 10.1. The molecule has 6 heteroatoms. The van der Waals surface area contributed by atoms with Gasteiger partial charge in [-0.25, -0.2) is 14.8 Å². The summed E-state index contributed by atoms with van der Waals surface area (Å²) in [7, 11) is 0. The number of carbonyl (C=O) groups excluding carboxylic acids is 1. The van der Waals surface area contributed by atoms with Gasteiger partial charge in [0.25, 0.3) is 0 Å². The van der Waals surface area contributed by atoms with Gasteiger partial charge in [0.2, 0.25) is 0 Å². The summed E-state index contributed by atoms with van der Waals surface area (Å²) < 4.78 is 6.61. The fourth-order valence-electron chi connectivity index (χ4n) is 1.57. The van der Waals surface area contributed by atoms with Crippen LogP contribution in [0.15, 0.2) is 24.5 Å². The van der Waals surface area contributed by atoms with Crippen molar-refractivity contribution in [1.82, 2.24) is 14.5 Å². The number of rotatable bonds is 3. The smallest absolute Gasteiger partial charge is 0.358 e. The van der Waals surface area contributed by atoms with Gasteiger partial charge in [-0.15, -0.1) is 0 Å². The molecule has 0 aliphatic carbocycles. The van der Waals surface area contributed by atoms with Crippen molar-refractivity contribution in [2.75, 3.05) is 6.61 Å². The Balaban J connectivity index is 2.39. The van der Waals surface area contributed by atoms with Crippen molar-refractivity contribution < 1.29 is 9.53 Å². The highest BCUT2D eigenvalue weighted by molar-refractivity contribution is 6.29. The molecule has 2 heterocycles. The molecule has 0 saturated carbocycles. The Morgan fingerprint density at radius 2 is 2.28 bits per heavy atom. The van der Waals surface area contributed by atoms with Crippen LogP contribution in [-0.4, -0.2) is 27.1 Å². The van der Waals surface area contributed by atoms with Crippen molar-refractivity contribution in [3.8, 4) is 5.82 Å². The number of carbonyl (C=O) groups is 1. The van der Waals surface area contributed by atoms with Crippen molar-refractivity contribution in [3.63, 3.8) is 0 Å². The molecule has 0 aliphatic heterocycles. The van der Waals surface area contributed by atoms with E-state index in [0.717, 1.165) is 0 Å². The van der Waals surface area contributed by atoms with E-state index in [4.69, 9.17) is 16.3 Å². The predicted molar refractivity (Wildman–Crippen MR) is 67.1 cm³/mol. The number of esters is 1. The van der Waals surface area contributed by atoms with E-state index >= 15 is 0 Å². The van der Waals surface area contributed by atoms with Gasteiger partial charge in [-0.2, -0.15) is 0 Å². The first-order valence-corrected chi connectivity index (χ1v) is 5.85. The Bertz CT molecular complexity index is 580. The van der Waals surface area contributed by atoms with Gasteiger partial charge in [-0.3, -0.25) is 4.57 Å². The van der Waals surface area contributed by atoms with Gasteiger partial charge in [0, 0.05) is 0 Å². The van der Waals surface area contributed by atoms with Gasteiger partial charge in [0.05, 0.1) is 12.3 Å². The normalized spacial score (nSPS) is 10.4. The number of pyridine rings is 1. The Labute approximate surface area is 109 Å². The lowest BCUT2D eigenvalue weighted by molar-refractivity contribution is 0.0519. The zero-order valence-corrected chi connectivity index (χ0v) is 10.8. The highest BCUT2D eigenvalue weighted by Gasteiger charge is 2.16. The number of hydrogen-bond donors (Lipinski definition) is 0. The van der Waals surface area contributed by atoms with Gasteiger partial charge in [-0.1, -0.05) is 17.7 Å². The molecule has 0 radical (unpaired) electrons. The summed E-state index contributed by atoms with van der Waals surface area (Å²) in [5.41, 5.74) is 0.960. The molecule has 0 unspecified atom stereocenters. The molecule has 2 rings (SSSR count). The quantitative estimate of drug-likeness (QED) is 0.632. The van der Waals surface area contributed by atoms with Crippen molar-refractivity contribution >= 4 is 17.6 Å². The molecule has 2 aromatic heterocycles. The van der Waals surface area contributed by atoms with Gasteiger partial charge >= 0.3 is 5.97 Å². The molecule has 5 nitrogen and oxygen atoms in total. The molecular weight excluding hydrogens is 254 g/mol. The monoisotopic (exact) mass is 265 g/mol. The van der Waals surface area contributed by atoms with Crippen LogP contribution in [0.25, 0.3) is 5.82 Å². The maximum absolute atomic E-state index is 11.6. The maximum Gasteiger partial charge on any atom is 0.358 e. The molecule has 0 bridgehead atoms. The first-order chi connectivity index (χ1) is 8.63. The minimum absolute atomic E-state index is 0.290. The standard InChI is InChI=1S/C12H12ClN3O2/c1-3-18-12(17)11-8(2)16(7-14-11)10-6-4-5-9(13)15-10/h4-7H,3H2,1-2H3. The fraction of sp³-hybridized carbons (Fsp3) is 0.250. The van der Waals surface area contributed by atoms with Crippen LogP contribution in [0.3, 0.4) is 0 Å². The second-order valence-corrected chi connectivity index (χ2v) is 3.97. The summed E-state index contributed by atoms with van der Waals surface area (Å²) in [6.45, 7) is 3.85. The minimum Gasteiger partial charge on any atom is -0.461 e. The van der Waals surface area contributed by atoms with Crippen LogP contribution >= 0.6 is 11.6 Å². The molecule has 0 N–H and O–H groups in total. The van der Waals surface area contributed by atoms with Gasteiger partial charge in [-0.05, 0) is 26.0 Å². The number of halogens is 1. The number of nitrogens with zero attached hydrogens (tertiary/aromatic N) is 3. The number of hydrogen-bond acceptors (Lipinski definition) is 4. The lowest BCUT2D eigenvalue weighted by Crippen LogP contribution is -2.08. The molecule has 0 atom stereocenters. The average Bonchev–Trinajstić information content (AvgIpc) is 2.71. The predicted octanol–water partition coefficient (Wildman–Crippen LogP) is 2.41. The van der Waals surface area contributed by atoms with Crippen LogP contribution in [0.5, 0.6) is 0 Å². The summed E-state index contributed by atoms with van der Waals surface area (Å²) in [6.07, 6.45) is 1.53. The second-order valence-electron chi connectivity index (χ2n) is 3.59. The summed E-state index contributed by atoms with van der Waals surface area (Å²) in [6, 6.07) is 5.26. The highest BCUT2D eigenvalue weighted by Crippen LogP contribution is 2.15. The molecule has 0 aliphatic rings. The third-order valence-electron chi connectivity index (χ3n) is 2.42. The zero-order chi connectivity index (χ0) is 13.1. The summed E-state index contributed by atoms with van der Waals surface area (Å²) >= 11 is 5.83. The summed E-state index contributed by atoms with van der Waals surface area (Å²) in [5.74, 6) is 0.179. The van der Waals surface area contributed by atoms with Crippen LogP contribution in [0.4, 0.5) is 0 Å². The molecule has 0 fully saturated rings. The Hall–Kier alpha value is -1.88. The highest BCUT2D eigenvalue weighted by atomic mass is 35.5. The van der Waals surface area contributed by atoms with E-state index in [-0.39, 0.29) is 0 Å². The van der Waals surface area contributed by atoms with E-state index in [1.165, 1.54) is 6.33 Å². The number of aromatic nitrogens is 3. The van der Waals surface area contributed by atoms with Crippen LogP contribution in [-0.2, 0) is 4.74 Å². The van der Waals surface area contributed by atoms with Gasteiger partial charge < -0.3 is 4.74 Å². The Morgan fingerprint density at radius 1 is 1.50 bits per heavy atom.